The summed E-state index contributed by atoms with van der Waals surface area (Å²) in [6, 6.07) is 10.2. The second kappa shape index (κ2) is 9.21. The summed E-state index contributed by atoms with van der Waals surface area (Å²) in [6.07, 6.45) is 1.99. The van der Waals surface area contributed by atoms with Crippen molar-refractivity contribution in [2.45, 2.75) is 31.6 Å². The van der Waals surface area contributed by atoms with E-state index in [0.29, 0.717) is 29.4 Å². The van der Waals surface area contributed by atoms with Crippen molar-refractivity contribution in [3.63, 3.8) is 0 Å². The van der Waals surface area contributed by atoms with Gasteiger partial charge < -0.3 is 26.3 Å². The van der Waals surface area contributed by atoms with Gasteiger partial charge in [-0.25, -0.2) is 4.39 Å². The Morgan fingerprint density at radius 2 is 1.91 bits per heavy atom. The maximum Gasteiger partial charge on any atom is 0.250 e. The molecule has 1 aliphatic rings. The lowest BCUT2D eigenvalue weighted by atomic mass is 10.1. The fourth-order valence-corrected chi connectivity index (χ4v) is 4.41. The molecule has 2 heterocycles. The highest BCUT2D eigenvalue weighted by Crippen LogP contribution is 2.23. The van der Waals surface area contributed by atoms with E-state index in [1.807, 2.05) is 0 Å². The van der Waals surface area contributed by atoms with E-state index in [2.05, 4.69) is 5.32 Å². The molecular weight excluding hydrogens is 449 g/mol. The van der Waals surface area contributed by atoms with E-state index in [1.54, 1.807) is 34.9 Å². The number of halogens is 2. The van der Waals surface area contributed by atoms with Crippen molar-refractivity contribution in [1.29, 1.82) is 0 Å². The molecule has 2 atom stereocenters. The number of aromatic nitrogens is 1. The van der Waals surface area contributed by atoms with Gasteiger partial charge in [0.05, 0.1) is 10.6 Å². The number of carbonyl (C=O) groups excluding carboxylic acids is 3. The summed E-state index contributed by atoms with van der Waals surface area (Å²) in [6.45, 7) is 0.138. The first-order valence-corrected chi connectivity index (χ1v) is 10.8. The summed E-state index contributed by atoms with van der Waals surface area (Å²) < 4.78 is 15.8. The Bertz CT molecular complexity index is 1240. The van der Waals surface area contributed by atoms with Gasteiger partial charge >= 0.3 is 0 Å². The van der Waals surface area contributed by atoms with Crippen LogP contribution in [0.2, 0.25) is 5.02 Å². The highest BCUT2D eigenvalue weighted by Gasteiger charge is 2.40. The second-order valence-corrected chi connectivity index (χ2v) is 8.37. The Labute approximate surface area is 194 Å². The van der Waals surface area contributed by atoms with Gasteiger partial charge in [0.1, 0.15) is 18.4 Å². The van der Waals surface area contributed by atoms with Gasteiger partial charge in [-0.15, -0.1) is 0 Å². The molecule has 0 bridgehead atoms. The Morgan fingerprint density at radius 3 is 2.67 bits per heavy atom. The number of likely N-dealkylation sites (tertiary alicyclic amines) is 1. The van der Waals surface area contributed by atoms with Crippen LogP contribution >= 0.6 is 11.6 Å². The maximum absolute atomic E-state index is 14.1. The van der Waals surface area contributed by atoms with Crippen molar-refractivity contribution in [3.05, 3.63) is 70.6 Å². The van der Waals surface area contributed by atoms with E-state index in [9.17, 15) is 18.8 Å². The lowest BCUT2D eigenvalue weighted by molar-refractivity contribution is -0.139. The van der Waals surface area contributed by atoms with Crippen molar-refractivity contribution in [2.24, 2.45) is 11.5 Å². The Hall–Kier alpha value is -3.43. The van der Waals surface area contributed by atoms with Crippen molar-refractivity contribution >= 4 is 40.2 Å². The number of nitrogens with zero attached hydrogens (tertiary/aromatic N) is 2. The predicted molar refractivity (Wildman–Crippen MR) is 122 cm³/mol. The number of para-hydroxylation sites is 1. The minimum absolute atomic E-state index is 0.0367. The van der Waals surface area contributed by atoms with Crippen molar-refractivity contribution in [2.75, 3.05) is 6.54 Å². The van der Waals surface area contributed by atoms with Gasteiger partial charge in [-0.3, -0.25) is 14.4 Å². The number of rotatable bonds is 6. The molecule has 1 fully saturated rings. The number of carbonyl (C=O) groups is 3. The predicted octanol–water partition coefficient (Wildman–Crippen LogP) is 1.78. The van der Waals surface area contributed by atoms with E-state index >= 15 is 0 Å². The Morgan fingerprint density at radius 1 is 1.15 bits per heavy atom. The number of amides is 3. The lowest BCUT2D eigenvalue weighted by Gasteiger charge is -2.26. The summed E-state index contributed by atoms with van der Waals surface area (Å²) in [5.41, 5.74) is 12.8. The number of primary amides is 1. The largest absolute Gasteiger partial charge is 0.366 e. The first-order valence-electron chi connectivity index (χ1n) is 10.4. The Kier molecular flexibility index (Phi) is 6.35. The van der Waals surface area contributed by atoms with Crippen LogP contribution in [0.5, 0.6) is 0 Å². The first kappa shape index (κ1) is 22.8. The van der Waals surface area contributed by atoms with Gasteiger partial charge in [-0.05, 0) is 18.6 Å². The summed E-state index contributed by atoms with van der Waals surface area (Å²) in [5.74, 6) is -1.99. The van der Waals surface area contributed by atoms with Crippen LogP contribution in [0.25, 0.3) is 10.9 Å². The smallest absolute Gasteiger partial charge is 0.250 e. The fraction of sp³-hybridized carbons (Fsp3) is 0.261. The molecule has 0 aliphatic carbocycles. The highest BCUT2D eigenvalue weighted by molar-refractivity contribution is 6.30. The molecule has 0 spiro atoms. The number of hydrogen-bond acceptors (Lipinski definition) is 4. The third-order valence-electron chi connectivity index (χ3n) is 5.88. The molecule has 2 unspecified atom stereocenters. The highest BCUT2D eigenvalue weighted by atomic mass is 35.5. The van der Waals surface area contributed by atoms with Crippen LogP contribution < -0.4 is 16.8 Å². The molecule has 1 saturated heterocycles. The van der Waals surface area contributed by atoms with Crippen LogP contribution in [0.15, 0.2) is 48.7 Å². The fourth-order valence-electron chi connectivity index (χ4n) is 4.21. The third-order valence-corrected chi connectivity index (χ3v) is 6.17. The molecule has 5 N–H and O–H groups in total. The molecule has 1 aromatic heterocycles. The average Bonchev–Trinajstić information content (AvgIpc) is 3.35. The van der Waals surface area contributed by atoms with E-state index in [4.69, 9.17) is 23.1 Å². The molecule has 1 aliphatic heterocycles. The molecule has 0 saturated carbocycles. The molecule has 172 valence electrons. The van der Waals surface area contributed by atoms with E-state index in [-0.39, 0.29) is 29.6 Å². The number of fused-ring (bicyclic) bond motifs is 1. The minimum atomic E-state index is -0.891. The zero-order chi connectivity index (χ0) is 23.7. The number of nitrogens with two attached hydrogens (primary N) is 2. The molecular formula is C23H23ClFN5O3. The van der Waals surface area contributed by atoms with Gasteiger partial charge in [0.15, 0.2) is 0 Å². The summed E-state index contributed by atoms with van der Waals surface area (Å²) in [7, 11) is 0. The molecule has 8 nitrogen and oxygen atoms in total. The SMILES string of the molecule is NC(=O)c1cn(CC(=O)N2CCC(N)C2C(=O)NCc2cccc(Cl)c2F)c2ccccc12. The molecule has 4 rings (SSSR count). The molecule has 3 amide bonds. The van der Waals surface area contributed by atoms with Gasteiger partial charge in [-0.1, -0.05) is 41.9 Å². The van der Waals surface area contributed by atoms with Gasteiger partial charge in [-0.2, -0.15) is 0 Å². The van der Waals surface area contributed by atoms with Crippen LogP contribution in [-0.2, 0) is 22.7 Å². The van der Waals surface area contributed by atoms with E-state index in [1.165, 1.54) is 23.2 Å². The Balaban J connectivity index is 1.51. The van der Waals surface area contributed by atoms with Crippen molar-refractivity contribution in [3.8, 4) is 0 Å². The number of hydrogen-bond donors (Lipinski definition) is 3. The minimum Gasteiger partial charge on any atom is -0.366 e. The van der Waals surface area contributed by atoms with E-state index < -0.39 is 29.7 Å². The standard InChI is InChI=1S/C23H23ClFN5O3/c24-16-6-3-4-13(20(16)25)10-28-23(33)21-17(26)8-9-30(21)19(31)12-29-11-15(22(27)32)14-5-1-2-7-18(14)29/h1-7,11,17,21H,8-10,12,26H2,(H2,27,32)(H,28,33). The third kappa shape index (κ3) is 4.42. The summed E-state index contributed by atoms with van der Waals surface area (Å²) in [4.78, 5) is 39.3. The lowest BCUT2D eigenvalue weighted by Crippen LogP contribution is -2.52. The normalized spacial score (nSPS) is 18.0. The number of nitrogens with one attached hydrogen (secondary N) is 1. The maximum atomic E-state index is 14.1. The van der Waals surface area contributed by atoms with Crippen LogP contribution in [0.4, 0.5) is 4.39 Å². The second-order valence-electron chi connectivity index (χ2n) is 7.97. The van der Waals surface area contributed by atoms with Crippen LogP contribution in [-0.4, -0.2) is 45.8 Å². The quantitative estimate of drug-likeness (QED) is 0.507. The first-order chi connectivity index (χ1) is 15.8. The van der Waals surface area contributed by atoms with Gasteiger partial charge in [0.25, 0.3) is 5.91 Å². The summed E-state index contributed by atoms with van der Waals surface area (Å²) in [5, 5.41) is 3.27. The van der Waals surface area contributed by atoms with Crippen LogP contribution in [0.3, 0.4) is 0 Å². The van der Waals surface area contributed by atoms with Crippen LogP contribution in [0, 0.1) is 5.82 Å². The topological polar surface area (TPSA) is 123 Å². The zero-order valence-corrected chi connectivity index (χ0v) is 18.4. The van der Waals surface area contributed by atoms with Gasteiger partial charge in [0.2, 0.25) is 11.8 Å². The molecule has 3 aromatic rings. The average molecular weight is 472 g/mol. The van der Waals surface area contributed by atoms with Crippen LogP contribution in [0.1, 0.15) is 22.3 Å². The molecule has 33 heavy (non-hydrogen) atoms. The summed E-state index contributed by atoms with van der Waals surface area (Å²) >= 11 is 5.79. The zero-order valence-electron chi connectivity index (χ0n) is 17.6. The molecule has 2 aromatic carbocycles. The molecule has 10 heteroatoms. The van der Waals surface area contributed by atoms with Crippen molar-refractivity contribution in [1.82, 2.24) is 14.8 Å². The number of benzene rings is 2. The van der Waals surface area contributed by atoms with Gasteiger partial charge in [0, 0.05) is 41.8 Å². The monoisotopic (exact) mass is 471 g/mol. The molecule has 0 radical (unpaired) electrons. The van der Waals surface area contributed by atoms with Crippen molar-refractivity contribution < 1.29 is 18.8 Å². The van der Waals surface area contributed by atoms with E-state index in [0.717, 1.165) is 0 Å².